The second-order valence-electron chi connectivity index (χ2n) is 4.34. The van der Waals surface area contributed by atoms with Crippen LogP contribution in [0, 0.1) is 6.92 Å². The van der Waals surface area contributed by atoms with Crippen molar-refractivity contribution >= 4 is 0 Å². The zero-order valence-corrected chi connectivity index (χ0v) is 9.08. The van der Waals surface area contributed by atoms with Crippen molar-refractivity contribution in [2.75, 3.05) is 7.11 Å². The third-order valence-corrected chi connectivity index (χ3v) is 2.97. The molecular weight excluding hydrogens is 192 g/mol. The van der Waals surface area contributed by atoms with E-state index in [4.69, 9.17) is 4.74 Å². The second-order valence-corrected chi connectivity index (χ2v) is 4.34. The minimum atomic E-state index is -0.533. The number of phenolic OH excluding ortho intramolecular Hbond substituents is 1. The molecule has 0 saturated heterocycles. The van der Waals surface area contributed by atoms with Gasteiger partial charge in [-0.1, -0.05) is 0 Å². The third kappa shape index (κ3) is 2.07. The fourth-order valence-electron chi connectivity index (χ4n) is 1.83. The Morgan fingerprint density at radius 2 is 2.07 bits per heavy atom. The first-order valence-corrected chi connectivity index (χ1v) is 5.13. The van der Waals surface area contributed by atoms with Gasteiger partial charge in [0.15, 0.2) is 0 Å². The fraction of sp³-hybridized carbons (Fsp3) is 0.500. The number of hydrogen-bond donors (Lipinski definition) is 2. The van der Waals surface area contributed by atoms with Crippen LogP contribution in [0.5, 0.6) is 11.5 Å². The lowest BCUT2D eigenvalue weighted by molar-refractivity contribution is 0.149. The van der Waals surface area contributed by atoms with Gasteiger partial charge in [0.05, 0.1) is 12.7 Å². The molecular formula is C12H16O3. The Balaban J connectivity index is 2.35. The van der Waals surface area contributed by atoms with Gasteiger partial charge >= 0.3 is 0 Å². The molecule has 1 aliphatic carbocycles. The Morgan fingerprint density at radius 1 is 1.40 bits per heavy atom. The summed E-state index contributed by atoms with van der Waals surface area (Å²) < 4.78 is 5.21. The summed E-state index contributed by atoms with van der Waals surface area (Å²) in [5.74, 6) is 0.865. The number of phenols is 1. The molecule has 0 atom stereocenters. The molecule has 1 saturated carbocycles. The summed E-state index contributed by atoms with van der Waals surface area (Å²) in [6, 6.07) is 3.29. The number of aliphatic hydroxyl groups is 1. The molecule has 1 aromatic rings. The van der Waals surface area contributed by atoms with Gasteiger partial charge in [-0.2, -0.15) is 0 Å². The zero-order valence-electron chi connectivity index (χ0n) is 9.08. The summed E-state index contributed by atoms with van der Waals surface area (Å²) in [5, 5.41) is 19.3. The Hall–Kier alpha value is -1.22. The summed E-state index contributed by atoms with van der Waals surface area (Å²) in [6.45, 7) is 1.92. The highest BCUT2D eigenvalue weighted by Gasteiger charge is 2.41. The van der Waals surface area contributed by atoms with E-state index < -0.39 is 5.60 Å². The Labute approximate surface area is 89.3 Å². The van der Waals surface area contributed by atoms with Gasteiger partial charge < -0.3 is 14.9 Å². The highest BCUT2D eigenvalue weighted by Crippen LogP contribution is 2.41. The molecule has 3 nitrogen and oxygen atoms in total. The molecule has 0 unspecified atom stereocenters. The largest absolute Gasteiger partial charge is 0.508 e. The predicted octanol–water partition coefficient (Wildman–Crippen LogP) is 1.78. The lowest BCUT2D eigenvalue weighted by atomic mass is 10.00. The fourth-order valence-corrected chi connectivity index (χ4v) is 1.83. The van der Waals surface area contributed by atoms with Gasteiger partial charge in [0.25, 0.3) is 0 Å². The van der Waals surface area contributed by atoms with Gasteiger partial charge in [-0.05, 0) is 31.4 Å². The highest BCUT2D eigenvalue weighted by atomic mass is 16.5. The molecule has 2 rings (SSSR count). The zero-order chi connectivity index (χ0) is 11.1. The van der Waals surface area contributed by atoms with Crippen molar-refractivity contribution in [3.8, 4) is 11.5 Å². The summed E-state index contributed by atoms with van der Waals surface area (Å²) in [5.41, 5.74) is 1.43. The average molecular weight is 208 g/mol. The van der Waals surface area contributed by atoms with Crippen molar-refractivity contribution in [2.24, 2.45) is 0 Å². The van der Waals surface area contributed by atoms with E-state index in [0.717, 1.165) is 24.0 Å². The first kappa shape index (κ1) is 10.3. The van der Waals surface area contributed by atoms with Crippen molar-refractivity contribution < 1.29 is 14.9 Å². The van der Waals surface area contributed by atoms with Crippen LogP contribution in [0.2, 0.25) is 0 Å². The van der Waals surface area contributed by atoms with E-state index in [1.807, 2.05) is 6.92 Å². The first-order valence-electron chi connectivity index (χ1n) is 5.13. The lowest BCUT2D eigenvalue weighted by Crippen LogP contribution is -2.12. The maximum atomic E-state index is 9.88. The Kier molecular flexibility index (Phi) is 2.35. The molecule has 0 bridgehead atoms. The number of rotatable bonds is 3. The SMILES string of the molecule is COc1cc(O)cc(C)c1CC1(O)CC1. The van der Waals surface area contributed by atoms with E-state index in [1.54, 1.807) is 19.2 Å². The molecule has 0 spiro atoms. The molecule has 0 aromatic heterocycles. The molecule has 1 aliphatic rings. The molecule has 0 amide bonds. The maximum Gasteiger partial charge on any atom is 0.126 e. The molecule has 3 heteroatoms. The maximum absolute atomic E-state index is 9.88. The monoisotopic (exact) mass is 208 g/mol. The molecule has 0 radical (unpaired) electrons. The molecule has 82 valence electrons. The van der Waals surface area contributed by atoms with Gasteiger partial charge in [0.2, 0.25) is 0 Å². The van der Waals surface area contributed by atoms with Crippen LogP contribution in [0.25, 0.3) is 0 Å². The van der Waals surface area contributed by atoms with E-state index >= 15 is 0 Å². The molecule has 1 fully saturated rings. The molecule has 0 aliphatic heterocycles. The van der Waals surface area contributed by atoms with Gasteiger partial charge in [0.1, 0.15) is 11.5 Å². The summed E-state index contributed by atoms with van der Waals surface area (Å²) in [4.78, 5) is 0. The highest BCUT2D eigenvalue weighted by molar-refractivity contribution is 5.46. The van der Waals surface area contributed by atoms with E-state index in [9.17, 15) is 10.2 Å². The third-order valence-electron chi connectivity index (χ3n) is 2.97. The Bertz CT molecular complexity index is 381. The number of aromatic hydroxyl groups is 1. The van der Waals surface area contributed by atoms with Crippen LogP contribution < -0.4 is 4.74 Å². The molecule has 1 aromatic carbocycles. The normalized spacial score (nSPS) is 17.5. The van der Waals surface area contributed by atoms with Crippen molar-refractivity contribution in [1.29, 1.82) is 0 Å². The predicted molar refractivity (Wildman–Crippen MR) is 57.3 cm³/mol. The number of benzene rings is 1. The number of hydrogen-bond acceptors (Lipinski definition) is 3. The Morgan fingerprint density at radius 3 is 2.60 bits per heavy atom. The smallest absolute Gasteiger partial charge is 0.126 e. The summed E-state index contributed by atoms with van der Waals surface area (Å²) in [6.07, 6.45) is 2.33. The number of aryl methyl sites for hydroxylation is 1. The summed E-state index contributed by atoms with van der Waals surface area (Å²) in [7, 11) is 1.58. The van der Waals surface area contributed by atoms with E-state index in [2.05, 4.69) is 0 Å². The standard InChI is InChI=1S/C12H16O3/c1-8-5-9(13)6-11(15-2)10(8)7-12(14)3-4-12/h5-6,13-14H,3-4,7H2,1-2H3. The van der Waals surface area contributed by atoms with Crippen LogP contribution in [0.3, 0.4) is 0 Å². The quantitative estimate of drug-likeness (QED) is 0.796. The van der Waals surface area contributed by atoms with Crippen LogP contribution in [0.4, 0.5) is 0 Å². The first-order chi connectivity index (χ1) is 7.04. The average Bonchev–Trinajstić information content (AvgIpc) is 2.88. The van der Waals surface area contributed by atoms with E-state index in [1.165, 1.54) is 0 Å². The van der Waals surface area contributed by atoms with Crippen LogP contribution in [-0.2, 0) is 6.42 Å². The van der Waals surface area contributed by atoms with Gasteiger partial charge in [-0.3, -0.25) is 0 Å². The second kappa shape index (κ2) is 3.42. The molecule has 0 heterocycles. The number of ether oxygens (including phenoxy) is 1. The van der Waals surface area contributed by atoms with Gasteiger partial charge in [-0.15, -0.1) is 0 Å². The van der Waals surface area contributed by atoms with Crippen molar-refractivity contribution in [1.82, 2.24) is 0 Å². The lowest BCUT2D eigenvalue weighted by Gasteiger charge is -2.15. The topological polar surface area (TPSA) is 49.7 Å². The van der Waals surface area contributed by atoms with Crippen LogP contribution in [0.1, 0.15) is 24.0 Å². The van der Waals surface area contributed by atoms with Crippen molar-refractivity contribution in [3.63, 3.8) is 0 Å². The minimum Gasteiger partial charge on any atom is -0.508 e. The van der Waals surface area contributed by atoms with Crippen molar-refractivity contribution in [3.05, 3.63) is 23.3 Å². The van der Waals surface area contributed by atoms with Crippen LogP contribution in [0.15, 0.2) is 12.1 Å². The van der Waals surface area contributed by atoms with Gasteiger partial charge in [0, 0.05) is 18.1 Å². The van der Waals surface area contributed by atoms with Gasteiger partial charge in [-0.25, -0.2) is 0 Å². The molecule has 15 heavy (non-hydrogen) atoms. The van der Waals surface area contributed by atoms with Crippen LogP contribution in [-0.4, -0.2) is 22.9 Å². The van der Waals surface area contributed by atoms with Crippen LogP contribution >= 0.6 is 0 Å². The minimum absolute atomic E-state index is 0.205. The van der Waals surface area contributed by atoms with E-state index in [-0.39, 0.29) is 5.75 Å². The van der Waals surface area contributed by atoms with E-state index in [0.29, 0.717) is 12.2 Å². The number of methoxy groups -OCH3 is 1. The summed E-state index contributed by atoms with van der Waals surface area (Å²) >= 11 is 0. The molecule has 2 N–H and O–H groups in total. The van der Waals surface area contributed by atoms with Crippen molar-refractivity contribution in [2.45, 2.75) is 31.8 Å².